The molecule has 0 aromatic heterocycles. The Bertz CT molecular complexity index is 911. The summed E-state index contributed by atoms with van der Waals surface area (Å²) in [6.45, 7) is -2.73. The number of rotatable bonds is 6. The Labute approximate surface area is 189 Å². The van der Waals surface area contributed by atoms with Gasteiger partial charge in [-0.3, -0.25) is 9.79 Å². The van der Waals surface area contributed by atoms with Crippen LogP contribution in [0, 0.1) is 5.82 Å². The third-order valence-corrected chi connectivity index (χ3v) is 4.57. The molecule has 1 atom stereocenters. The van der Waals surface area contributed by atoms with E-state index in [1.54, 1.807) is 0 Å². The van der Waals surface area contributed by atoms with Gasteiger partial charge in [-0.15, -0.1) is 24.0 Å². The van der Waals surface area contributed by atoms with E-state index in [9.17, 15) is 18.0 Å². The quantitative estimate of drug-likeness (QED) is 0.299. The summed E-state index contributed by atoms with van der Waals surface area (Å²) in [5, 5.41) is 8.82. The summed E-state index contributed by atoms with van der Waals surface area (Å²) >= 11 is 0. The molecule has 2 aromatic carbocycles. The van der Waals surface area contributed by atoms with E-state index in [0.29, 0.717) is 18.9 Å². The molecule has 0 bridgehead atoms. The van der Waals surface area contributed by atoms with Crippen LogP contribution in [0.2, 0.25) is 0 Å². The average Bonchev–Trinajstić information content (AvgIpc) is 2.69. The van der Waals surface area contributed by atoms with E-state index in [4.69, 9.17) is 0 Å². The highest BCUT2D eigenvalue weighted by Crippen LogP contribution is 2.31. The summed E-state index contributed by atoms with van der Waals surface area (Å²) in [6, 6.07) is 11.3. The number of hydrogen-bond donors (Lipinski definition) is 3. The number of ether oxygens (including phenoxy) is 1. The second kappa shape index (κ2) is 11.0. The van der Waals surface area contributed by atoms with E-state index >= 15 is 0 Å². The van der Waals surface area contributed by atoms with Crippen molar-refractivity contribution in [2.75, 3.05) is 18.9 Å². The third-order valence-electron chi connectivity index (χ3n) is 4.57. The van der Waals surface area contributed by atoms with Gasteiger partial charge in [0.25, 0.3) is 0 Å². The molecule has 1 aliphatic rings. The predicted octanol–water partition coefficient (Wildman–Crippen LogP) is 3.84. The van der Waals surface area contributed by atoms with Crippen LogP contribution < -0.4 is 20.7 Å². The van der Waals surface area contributed by atoms with E-state index in [2.05, 4.69) is 25.7 Å². The van der Waals surface area contributed by atoms with Crippen molar-refractivity contribution in [1.82, 2.24) is 10.6 Å². The molecule has 1 unspecified atom stereocenters. The smallest absolute Gasteiger partial charge is 0.387 e. The fraction of sp³-hybridized carbons (Fsp3) is 0.300. The molecule has 3 rings (SSSR count). The number of carbonyl (C=O) groups excluding carboxylic acids is 1. The van der Waals surface area contributed by atoms with Crippen LogP contribution in [0.25, 0.3) is 0 Å². The highest BCUT2D eigenvalue weighted by Gasteiger charge is 2.24. The molecular formula is C20H22F3IN4O2. The van der Waals surface area contributed by atoms with E-state index in [0.717, 1.165) is 11.3 Å². The SMILES string of the molecule is CN=C(NCc1c(F)cccc1OC(F)F)NCC1CC(=O)Nc2ccccc21.I. The van der Waals surface area contributed by atoms with E-state index < -0.39 is 12.4 Å². The highest BCUT2D eigenvalue weighted by molar-refractivity contribution is 14.0. The van der Waals surface area contributed by atoms with Crippen LogP contribution in [-0.4, -0.2) is 32.1 Å². The zero-order valence-electron chi connectivity index (χ0n) is 16.1. The van der Waals surface area contributed by atoms with Crippen molar-refractivity contribution in [2.24, 2.45) is 4.99 Å². The Hall–Kier alpha value is -2.50. The first-order chi connectivity index (χ1) is 14.0. The number of hydrogen-bond acceptors (Lipinski definition) is 3. The molecule has 0 radical (unpaired) electrons. The molecule has 2 aromatic rings. The lowest BCUT2D eigenvalue weighted by Crippen LogP contribution is -2.40. The zero-order valence-corrected chi connectivity index (χ0v) is 18.5. The number of guanidine groups is 1. The summed E-state index contributed by atoms with van der Waals surface area (Å²) in [4.78, 5) is 16.0. The lowest BCUT2D eigenvalue weighted by atomic mass is 9.90. The molecule has 162 valence electrons. The number of nitrogens with zero attached hydrogens (tertiary/aromatic N) is 1. The van der Waals surface area contributed by atoms with E-state index in [-0.39, 0.29) is 53.7 Å². The number of benzene rings is 2. The van der Waals surface area contributed by atoms with Crippen molar-refractivity contribution >= 4 is 41.5 Å². The van der Waals surface area contributed by atoms with Crippen molar-refractivity contribution in [3.8, 4) is 5.75 Å². The third kappa shape index (κ3) is 6.00. The minimum atomic E-state index is -3.05. The molecule has 3 N–H and O–H groups in total. The first kappa shape index (κ1) is 23.8. The number of halogens is 4. The maximum atomic E-state index is 14.1. The number of carbonyl (C=O) groups is 1. The lowest BCUT2D eigenvalue weighted by Gasteiger charge is -2.26. The van der Waals surface area contributed by atoms with E-state index in [1.807, 2.05) is 24.3 Å². The number of fused-ring (bicyclic) bond motifs is 1. The maximum Gasteiger partial charge on any atom is 0.387 e. The first-order valence-corrected chi connectivity index (χ1v) is 9.03. The van der Waals surface area contributed by atoms with E-state index in [1.165, 1.54) is 25.2 Å². The molecule has 0 saturated carbocycles. The van der Waals surface area contributed by atoms with Gasteiger partial charge in [-0.2, -0.15) is 8.78 Å². The van der Waals surface area contributed by atoms with Crippen LogP contribution in [0.4, 0.5) is 18.9 Å². The van der Waals surface area contributed by atoms with Crippen LogP contribution in [0.15, 0.2) is 47.5 Å². The number of nitrogens with one attached hydrogen (secondary N) is 3. The molecule has 0 saturated heterocycles. The van der Waals surface area contributed by atoms with Gasteiger partial charge in [0.05, 0.1) is 0 Å². The molecule has 6 nitrogen and oxygen atoms in total. The standard InChI is InChI=1S/C20H21F3N4O2.HI/c1-24-20(26-11-14-15(21)6-4-8-17(14)29-19(22)23)25-10-12-9-18(28)27-16-7-3-2-5-13(12)16;/h2-8,12,19H,9-11H2,1H3,(H,27,28)(H2,24,25,26);1H. The number of amides is 1. The maximum absolute atomic E-state index is 14.1. The van der Waals surface area contributed by atoms with Crippen LogP contribution >= 0.6 is 24.0 Å². The fourth-order valence-corrected chi connectivity index (χ4v) is 3.21. The molecule has 0 fully saturated rings. The van der Waals surface area contributed by atoms with Crippen molar-refractivity contribution in [2.45, 2.75) is 25.5 Å². The van der Waals surface area contributed by atoms with Crippen molar-refractivity contribution in [1.29, 1.82) is 0 Å². The molecule has 10 heteroatoms. The summed E-state index contributed by atoms with van der Waals surface area (Å²) in [5.41, 5.74) is 1.76. The minimum absolute atomic E-state index is 0. The highest BCUT2D eigenvalue weighted by atomic mass is 127. The second-order valence-electron chi connectivity index (χ2n) is 6.44. The summed E-state index contributed by atoms with van der Waals surface area (Å²) in [6.07, 6.45) is 0.320. The van der Waals surface area contributed by atoms with Gasteiger partial charge in [-0.05, 0) is 23.8 Å². The molecule has 30 heavy (non-hydrogen) atoms. The Kier molecular flexibility index (Phi) is 8.75. The van der Waals surface area contributed by atoms with Gasteiger partial charge in [0, 0.05) is 43.7 Å². The van der Waals surface area contributed by atoms with Gasteiger partial charge in [0.1, 0.15) is 11.6 Å². The number of para-hydroxylation sites is 1. The largest absolute Gasteiger partial charge is 0.434 e. The van der Waals surface area contributed by atoms with Gasteiger partial charge in [-0.1, -0.05) is 24.3 Å². The summed E-state index contributed by atoms with van der Waals surface area (Å²) in [5.74, 6) is -0.687. The predicted molar refractivity (Wildman–Crippen MR) is 119 cm³/mol. The van der Waals surface area contributed by atoms with Gasteiger partial charge in [0.2, 0.25) is 5.91 Å². The van der Waals surface area contributed by atoms with Gasteiger partial charge >= 0.3 is 6.61 Å². The molecule has 1 amide bonds. The van der Waals surface area contributed by atoms with Gasteiger partial charge in [-0.25, -0.2) is 4.39 Å². The Morgan fingerprint density at radius 2 is 2.00 bits per heavy atom. The summed E-state index contributed by atoms with van der Waals surface area (Å²) < 4.78 is 43.5. The average molecular weight is 534 g/mol. The Morgan fingerprint density at radius 3 is 2.73 bits per heavy atom. The normalized spacial score (nSPS) is 15.7. The van der Waals surface area contributed by atoms with Crippen molar-refractivity contribution in [3.05, 3.63) is 59.4 Å². The van der Waals surface area contributed by atoms with Crippen LogP contribution in [0.5, 0.6) is 5.75 Å². The zero-order chi connectivity index (χ0) is 20.8. The summed E-state index contributed by atoms with van der Waals surface area (Å²) in [7, 11) is 1.54. The fourth-order valence-electron chi connectivity index (χ4n) is 3.21. The van der Waals surface area contributed by atoms with Gasteiger partial charge in [0.15, 0.2) is 5.96 Å². The topological polar surface area (TPSA) is 74.8 Å². The van der Waals surface area contributed by atoms with Crippen LogP contribution in [0.3, 0.4) is 0 Å². The molecular weight excluding hydrogens is 512 g/mol. The number of alkyl halides is 2. The molecule has 1 heterocycles. The molecule has 1 aliphatic heterocycles. The molecule has 0 aliphatic carbocycles. The lowest BCUT2D eigenvalue weighted by molar-refractivity contribution is -0.116. The van der Waals surface area contributed by atoms with Gasteiger partial charge < -0.3 is 20.7 Å². The number of anilines is 1. The Morgan fingerprint density at radius 1 is 1.23 bits per heavy atom. The van der Waals surface area contributed by atoms with Crippen molar-refractivity contribution in [3.63, 3.8) is 0 Å². The minimum Gasteiger partial charge on any atom is -0.434 e. The first-order valence-electron chi connectivity index (χ1n) is 9.03. The van der Waals surface area contributed by atoms with Crippen LogP contribution in [-0.2, 0) is 11.3 Å². The Balaban J connectivity index is 0.00000320. The van der Waals surface area contributed by atoms with Crippen LogP contribution in [0.1, 0.15) is 23.5 Å². The monoisotopic (exact) mass is 534 g/mol. The van der Waals surface area contributed by atoms with Crippen molar-refractivity contribution < 1.29 is 22.7 Å². The number of aliphatic imine (C=N–C) groups is 1. The molecule has 0 spiro atoms. The second-order valence-corrected chi connectivity index (χ2v) is 6.44.